The number of aliphatic hydroxyl groups is 2. The van der Waals surface area contributed by atoms with Gasteiger partial charge in [-0.05, 0) is 87.5 Å². The number of aliphatic carboxylic acids is 1. The molecule has 8 heteroatoms. The van der Waals surface area contributed by atoms with Crippen molar-refractivity contribution in [3.63, 3.8) is 0 Å². The molecule has 1 amide bonds. The summed E-state index contributed by atoms with van der Waals surface area (Å²) in [6.45, 7) is 5.46. The first kappa shape index (κ1) is 25.7. The zero-order valence-corrected chi connectivity index (χ0v) is 20.9. The van der Waals surface area contributed by atoms with Crippen molar-refractivity contribution in [2.45, 2.75) is 89.9 Å². The number of hydrogen-bond donors (Lipinski definition) is 4. The molecule has 8 nitrogen and oxygen atoms in total. The quantitative estimate of drug-likeness (QED) is 0.338. The summed E-state index contributed by atoms with van der Waals surface area (Å²) in [7, 11) is 0. The third-order valence-corrected chi connectivity index (χ3v) is 9.81. The average molecular weight is 487 g/mol. The molecule has 35 heavy (non-hydrogen) atoms. The molecule has 4 N–H and O–H groups in total. The molecule has 0 saturated heterocycles. The van der Waals surface area contributed by atoms with Crippen molar-refractivity contribution in [1.82, 2.24) is 5.32 Å². The normalized spacial score (nSPS) is 40.9. The van der Waals surface area contributed by atoms with Crippen molar-refractivity contribution >= 4 is 17.6 Å². The van der Waals surface area contributed by atoms with Crippen LogP contribution in [0.3, 0.4) is 0 Å². The predicted molar refractivity (Wildman–Crippen MR) is 130 cm³/mol. The zero-order chi connectivity index (χ0) is 25.6. The van der Waals surface area contributed by atoms with E-state index >= 15 is 0 Å². The van der Waals surface area contributed by atoms with E-state index in [0.717, 1.165) is 50.7 Å². The van der Waals surface area contributed by atoms with E-state index in [1.165, 1.54) is 12.5 Å². The molecule has 0 spiro atoms. The van der Waals surface area contributed by atoms with Crippen LogP contribution in [0.2, 0.25) is 0 Å². The van der Waals surface area contributed by atoms with Gasteiger partial charge in [-0.3, -0.25) is 4.79 Å². The lowest BCUT2D eigenvalue weighted by Gasteiger charge is -2.58. The number of nitrogens with zero attached hydrogens (tertiary/aromatic N) is 1. The first-order chi connectivity index (χ1) is 16.4. The molecule has 0 radical (unpaired) electrons. The van der Waals surface area contributed by atoms with Crippen LogP contribution in [0.15, 0.2) is 16.8 Å². The van der Waals surface area contributed by atoms with E-state index in [1.807, 2.05) is 0 Å². The van der Waals surface area contributed by atoms with Gasteiger partial charge >= 0.3 is 5.97 Å². The minimum atomic E-state index is -1.39. The van der Waals surface area contributed by atoms with Gasteiger partial charge < -0.3 is 25.5 Å². The Labute approximate surface area is 207 Å². The lowest BCUT2D eigenvalue weighted by molar-refractivity contribution is -0.145. The highest BCUT2D eigenvalue weighted by atomic mass is 16.6. The van der Waals surface area contributed by atoms with Crippen molar-refractivity contribution in [3.8, 4) is 12.3 Å². The average Bonchev–Trinajstić information content (AvgIpc) is 3.08. The number of allylic oxidation sites excluding steroid dienone is 2. The molecule has 0 aromatic heterocycles. The first-order valence-corrected chi connectivity index (χ1v) is 12.8. The third-order valence-electron chi connectivity index (χ3n) is 9.81. The maximum atomic E-state index is 12.0. The summed E-state index contributed by atoms with van der Waals surface area (Å²) in [6.07, 6.45) is 14.1. The largest absolute Gasteiger partial charge is 0.480 e. The third kappa shape index (κ3) is 4.27. The fourth-order valence-corrected chi connectivity index (χ4v) is 7.67. The second-order valence-corrected chi connectivity index (χ2v) is 11.5. The maximum absolute atomic E-state index is 12.0. The fraction of sp³-hybridized carbons (Fsp3) is 0.741. The van der Waals surface area contributed by atoms with Gasteiger partial charge in [-0.2, -0.15) is 0 Å². The van der Waals surface area contributed by atoms with Crippen LogP contribution in [0.5, 0.6) is 0 Å². The number of oxime groups is 1. The first-order valence-electron chi connectivity index (χ1n) is 12.8. The summed E-state index contributed by atoms with van der Waals surface area (Å²) in [5.41, 5.74) is 1.06. The minimum Gasteiger partial charge on any atom is -0.480 e. The number of aliphatic hydroxyl groups excluding tert-OH is 1. The van der Waals surface area contributed by atoms with Crippen LogP contribution in [0.25, 0.3) is 0 Å². The second kappa shape index (κ2) is 9.25. The lowest BCUT2D eigenvalue weighted by Crippen LogP contribution is -2.54. The fourth-order valence-electron chi connectivity index (χ4n) is 7.67. The van der Waals surface area contributed by atoms with Crippen molar-refractivity contribution in [1.29, 1.82) is 0 Å². The van der Waals surface area contributed by atoms with Crippen molar-refractivity contribution < 1.29 is 29.7 Å². The highest BCUT2D eigenvalue weighted by Gasteiger charge is 2.63. The van der Waals surface area contributed by atoms with E-state index in [-0.39, 0.29) is 10.8 Å². The van der Waals surface area contributed by atoms with Gasteiger partial charge in [0.2, 0.25) is 0 Å². The maximum Gasteiger partial charge on any atom is 0.328 e. The van der Waals surface area contributed by atoms with Gasteiger partial charge in [0.1, 0.15) is 5.60 Å². The minimum absolute atomic E-state index is 0.0868. The Morgan fingerprint density at radius 2 is 1.94 bits per heavy atom. The summed E-state index contributed by atoms with van der Waals surface area (Å²) in [6, 6.07) is -1.39. The van der Waals surface area contributed by atoms with Crippen LogP contribution in [-0.2, 0) is 14.4 Å². The number of carbonyl (C=O) groups excluding carboxylic acids is 1. The van der Waals surface area contributed by atoms with Crippen molar-refractivity contribution in [2.24, 2.45) is 33.7 Å². The molecule has 4 aliphatic carbocycles. The van der Waals surface area contributed by atoms with Crippen LogP contribution in [-0.4, -0.2) is 57.3 Å². The van der Waals surface area contributed by atoms with Gasteiger partial charge in [0.05, 0.1) is 11.8 Å². The molecule has 8 atom stereocenters. The number of carboxylic acids is 1. The Kier molecular flexibility index (Phi) is 6.80. The molecule has 0 bridgehead atoms. The molecular formula is C27H38N2O6. The number of nitrogens with one attached hydrogen (secondary N) is 1. The molecule has 4 rings (SSSR count). The number of carboxylic acid groups (broad SMARTS) is 1. The predicted octanol–water partition coefficient (Wildman–Crippen LogP) is 2.64. The van der Waals surface area contributed by atoms with Gasteiger partial charge in [-0.25, -0.2) is 4.79 Å². The molecule has 0 unspecified atom stereocenters. The van der Waals surface area contributed by atoms with E-state index in [0.29, 0.717) is 24.2 Å². The van der Waals surface area contributed by atoms with E-state index in [9.17, 15) is 19.8 Å². The Bertz CT molecular complexity index is 983. The van der Waals surface area contributed by atoms with E-state index in [1.54, 1.807) is 0 Å². The van der Waals surface area contributed by atoms with Crippen LogP contribution in [0, 0.1) is 40.9 Å². The smallest absolute Gasteiger partial charge is 0.328 e. The number of fused-ring (bicyclic) bond motifs is 5. The molecule has 192 valence electrons. The van der Waals surface area contributed by atoms with Gasteiger partial charge in [-0.15, -0.1) is 6.42 Å². The Balaban J connectivity index is 1.41. The SMILES string of the molecule is C#C[C@@]1(O)CC[C@@H]2[C@@H]3CCC4=C/C(=N/OCC(=O)N[C@H](C(=O)O)[C@@H](C)O)CC[C@]4(C)[C@@H]3CC[C@@]21C. The second-order valence-electron chi connectivity index (χ2n) is 11.5. The standard InChI is InChI=1S/C27H38N2O6/c1-5-27(34)13-10-21-19-7-6-17-14-18(8-11-25(17,3)20(19)9-12-26(21,27)4)29-35-15-22(31)28-23(16(2)30)24(32)33/h1,14,16,19-21,23,30,34H,6-13,15H2,2-4H3,(H,28,31)(H,32,33)/b29-18+/t16-,19-,20-,21-,23+,25+,26+,27-/m1/s1. The molecule has 0 aliphatic heterocycles. The molecule has 0 heterocycles. The van der Waals surface area contributed by atoms with Crippen LogP contribution < -0.4 is 5.32 Å². The summed E-state index contributed by atoms with van der Waals surface area (Å²) in [4.78, 5) is 28.3. The van der Waals surface area contributed by atoms with Crippen molar-refractivity contribution in [3.05, 3.63) is 11.6 Å². The molecule has 0 aromatic rings. The number of rotatable bonds is 6. The Morgan fingerprint density at radius 3 is 2.60 bits per heavy atom. The van der Waals surface area contributed by atoms with E-state index in [4.69, 9.17) is 16.4 Å². The monoisotopic (exact) mass is 486 g/mol. The van der Waals surface area contributed by atoms with Gasteiger partial charge in [-0.1, -0.05) is 30.5 Å². The number of carbonyl (C=O) groups is 2. The van der Waals surface area contributed by atoms with Crippen molar-refractivity contribution in [2.75, 3.05) is 6.61 Å². The lowest BCUT2D eigenvalue weighted by atomic mass is 9.46. The molecule has 0 aromatic carbocycles. The zero-order valence-electron chi connectivity index (χ0n) is 20.9. The van der Waals surface area contributed by atoms with Gasteiger partial charge in [0.25, 0.3) is 5.91 Å². The summed E-state index contributed by atoms with van der Waals surface area (Å²) in [5.74, 6) is 2.36. The topological polar surface area (TPSA) is 128 Å². The summed E-state index contributed by atoms with van der Waals surface area (Å²) < 4.78 is 0. The van der Waals surface area contributed by atoms with E-state index in [2.05, 4.69) is 36.3 Å². The highest BCUT2D eigenvalue weighted by Crippen LogP contribution is 2.67. The highest BCUT2D eigenvalue weighted by molar-refractivity contribution is 5.96. The molecule has 3 saturated carbocycles. The van der Waals surface area contributed by atoms with Crippen LogP contribution >= 0.6 is 0 Å². The summed E-state index contributed by atoms with van der Waals surface area (Å²) in [5, 5.41) is 36.1. The van der Waals surface area contributed by atoms with Gasteiger partial charge in [0, 0.05) is 5.41 Å². The van der Waals surface area contributed by atoms with Gasteiger partial charge in [0.15, 0.2) is 12.6 Å². The van der Waals surface area contributed by atoms with Crippen LogP contribution in [0.1, 0.15) is 72.1 Å². The van der Waals surface area contributed by atoms with Crippen LogP contribution in [0.4, 0.5) is 0 Å². The number of amides is 1. The Hall–Kier alpha value is -2.37. The molecular weight excluding hydrogens is 448 g/mol. The number of terminal acetylenes is 1. The van der Waals surface area contributed by atoms with E-state index < -0.39 is 36.2 Å². The molecule has 4 aliphatic rings. The number of hydrogen-bond acceptors (Lipinski definition) is 6. The Morgan fingerprint density at radius 1 is 1.23 bits per heavy atom. The molecule has 3 fully saturated rings. The summed E-state index contributed by atoms with van der Waals surface area (Å²) >= 11 is 0.